The van der Waals surface area contributed by atoms with Gasteiger partial charge in [-0.05, 0) is 54.8 Å². The second kappa shape index (κ2) is 10.6. The van der Waals surface area contributed by atoms with Crippen molar-refractivity contribution in [2.45, 2.75) is 38.8 Å². The number of aryl methyl sites for hydroxylation is 1. The molecule has 1 aromatic carbocycles. The van der Waals surface area contributed by atoms with Gasteiger partial charge in [0.05, 0.1) is 28.2 Å². The molecule has 10 heteroatoms. The summed E-state index contributed by atoms with van der Waals surface area (Å²) in [5, 5.41) is 17.1. The molecule has 0 fully saturated rings. The average molecular weight is 549 g/mol. The number of hydrogen-bond donors (Lipinski definition) is 2. The number of amides is 2. The Hall–Kier alpha value is -2.85. The van der Waals surface area contributed by atoms with Gasteiger partial charge in [0.2, 0.25) is 0 Å². The number of rotatable bonds is 8. The van der Waals surface area contributed by atoms with E-state index in [0.717, 1.165) is 16.1 Å². The fourth-order valence-electron chi connectivity index (χ4n) is 3.66. The van der Waals surface area contributed by atoms with Crippen LogP contribution in [-0.4, -0.2) is 57.0 Å². The van der Waals surface area contributed by atoms with Crippen LogP contribution >= 0.6 is 27.3 Å². The van der Waals surface area contributed by atoms with Gasteiger partial charge in [-0.3, -0.25) is 9.48 Å². The number of ether oxygens (including phenoxy) is 1. The van der Waals surface area contributed by atoms with Gasteiger partial charge in [0.1, 0.15) is 4.88 Å². The van der Waals surface area contributed by atoms with Gasteiger partial charge in [-0.1, -0.05) is 30.3 Å². The summed E-state index contributed by atoms with van der Waals surface area (Å²) in [5.41, 5.74) is 1.23. The third-order valence-corrected chi connectivity index (χ3v) is 7.59. The Labute approximate surface area is 211 Å². The zero-order valence-corrected chi connectivity index (χ0v) is 22.2. The lowest BCUT2D eigenvalue weighted by atomic mass is 10.0. The molecule has 2 aromatic heterocycles. The molecule has 0 saturated carbocycles. The highest BCUT2D eigenvalue weighted by Gasteiger charge is 2.31. The number of halogens is 1. The van der Waals surface area contributed by atoms with Gasteiger partial charge < -0.3 is 20.1 Å². The second-order valence-electron chi connectivity index (χ2n) is 8.87. The first-order valence-electron chi connectivity index (χ1n) is 10.7. The molecule has 2 amide bonds. The van der Waals surface area contributed by atoms with Crippen molar-refractivity contribution in [1.29, 1.82) is 0 Å². The summed E-state index contributed by atoms with van der Waals surface area (Å²) in [6.45, 7) is 5.65. The number of thiophene rings is 1. The molecule has 0 saturated heterocycles. The lowest BCUT2D eigenvalue weighted by Gasteiger charge is -2.36. The van der Waals surface area contributed by atoms with Crippen LogP contribution in [0.25, 0.3) is 10.6 Å². The molecule has 0 aliphatic heterocycles. The summed E-state index contributed by atoms with van der Waals surface area (Å²) in [6, 6.07) is 11.1. The SMILES string of the molecule is COc1c(C(=O)NC(Cc2ccccc2)CN(C(=O)O)C(C)(C)C)sc(-c2ccnn2C)c1Br. The number of methoxy groups -OCH3 is 1. The Morgan fingerprint density at radius 2 is 1.94 bits per heavy atom. The van der Waals surface area contributed by atoms with E-state index >= 15 is 0 Å². The van der Waals surface area contributed by atoms with Crippen LogP contribution in [0, 0.1) is 0 Å². The van der Waals surface area contributed by atoms with Crippen molar-refractivity contribution in [1.82, 2.24) is 20.0 Å². The molecular weight excluding hydrogens is 520 g/mol. The highest BCUT2D eigenvalue weighted by Crippen LogP contribution is 2.45. The number of carbonyl (C=O) groups excluding carboxylic acids is 1. The number of benzene rings is 1. The smallest absolute Gasteiger partial charge is 0.407 e. The lowest BCUT2D eigenvalue weighted by Crippen LogP contribution is -2.53. The van der Waals surface area contributed by atoms with Crippen molar-refractivity contribution in [2.24, 2.45) is 7.05 Å². The van der Waals surface area contributed by atoms with Gasteiger partial charge in [-0.25, -0.2) is 4.79 Å². The third-order valence-electron chi connectivity index (χ3n) is 5.38. The monoisotopic (exact) mass is 548 g/mol. The molecule has 8 nitrogen and oxygen atoms in total. The van der Waals surface area contributed by atoms with Gasteiger partial charge in [0, 0.05) is 25.3 Å². The number of carboxylic acid groups (broad SMARTS) is 1. The van der Waals surface area contributed by atoms with Crippen molar-refractivity contribution in [3.63, 3.8) is 0 Å². The highest BCUT2D eigenvalue weighted by molar-refractivity contribution is 9.10. The summed E-state index contributed by atoms with van der Waals surface area (Å²) in [7, 11) is 3.35. The van der Waals surface area contributed by atoms with E-state index in [1.807, 2.05) is 64.2 Å². The van der Waals surface area contributed by atoms with E-state index in [-0.39, 0.29) is 12.5 Å². The predicted molar refractivity (Wildman–Crippen MR) is 137 cm³/mol. The molecule has 2 N–H and O–H groups in total. The van der Waals surface area contributed by atoms with Crippen LogP contribution in [0.15, 0.2) is 47.1 Å². The van der Waals surface area contributed by atoms with Crippen LogP contribution in [0.2, 0.25) is 0 Å². The molecule has 0 aliphatic rings. The van der Waals surface area contributed by atoms with Crippen molar-refractivity contribution in [3.05, 3.63) is 57.5 Å². The van der Waals surface area contributed by atoms with Crippen molar-refractivity contribution >= 4 is 39.3 Å². The van der Waals surface area contributed by atoms with E-state index in [2.05, 4.69) is 26.3 Å². The van der Waals surface area contributed by atoms with Crippen LogP contribution in [-0.2, 0) is 13.5 Å². The van der Waals surface area contributed by atoms with Crippen molar-refractivity contribution < 1.29 is 19.4 Å². The Kier molecular flexibility index (Phi) is 8.04. The highest BCUT2D eigenvalue weighted by atomic mass is 79.9. The predicted octanol–water partition coefficient (Wildman–Crippen LogP) is 5.04. The molecule has 0 bridgehead atoms. The Morgan fingerprint density at radius 3 is 2.47 bits per heavy atom. The Bertz CT molecular complexity index is 1150. The fourth-order valence-corrected chi connectivity index (χ4v) is 5.72. The maximum Gasteiger partial charge on any atom is 0.407 e. The molecular formula is C24H29BrN4O4S. The van der Waals surface area contributed by atoms with Crippen LogP contribution < -0.4 is 10.1 Å². The summed E-state index contributed by atoms with van der Waals surface area (Å²) >= 11 is 4.87. The standard InChI is InChI=1S/C24H29BrN4O4S/c1-24(2,3)29(23(31)32)14-16(13-15-9-7-6-8-10-15)27-22(30)21-19(33-5)18(25)20(34-21)17-11-12-26-28(17)4/h6-12,16H,13-14H2,1-5H3,(H,27,30)(H,31,32). The fraction of sp³-hybridized carbons (Fsp3) is 0.375. The van der Waals surface area contributed by atoms with Crippen LogP contribution in [0.4, 0.5) is 4.79 Å². The minimum Gasteiger partial charge on any atom is -0.494 e. The van der Waals surface area contributed by atoms with E-state index in [9.17, 15) is 14.7 Å². The van der Waals surface area contributed by atoms with Gasteiger partial charge in [0.15, 0.2) is 5.75 Å². The summed E-state index contributed by atoms with van der Waals surface area (Å²) in [6.07, 6.45) is 1.14. The Balaban J connectivity index is 1.93. The zero-order chi connectivity index (χ0) is 25.0. The summed E-state index contributed by atoms with van der Waals surface area (Å²) in [5.74, 6) is 0.110. The van der Waals surface area contributed by atoms with Crippen molar-refractivity contribution in [3.8, 4) is 16.3 Å². The quantitative estimate of drug-likeness (QED) is 0.411. The van der Waals surface area contributed by atoms with Crippen LogP contribution in [0.5, 0.6) is 5.75 Å². The first-order valence-corrected chi connectivity index (χ1v) is 12.3. The topological polar surface area (TPSA) is 96.7 Å². The van der Waals surface area contributed by atoms with Gasteiger partial charge in [-0.15, -0.1) is 11.3 Å². The van der Waals surface area contributed by atoms with E-state index < -0.39 is 17.7 Å². The number of hydrogen-bond acceptors (Lipinski definition) is 5. The van der Waals surface area contributed by atoms with Gasteiger partial charge in [-0.2, -0.15) is 5.10 Å². The largest absolute Gasteiger partial charge is 0.494 e. The maximum atomic E-state index is 13.5. The first kappa shape index (κ1) is 25.8. The minimum atomic E-state index is -1.03. The Morgan fingerprint density at radius 1 is 1.26 bits per heavy atom. The molecule has 1 unspecified atom stereocenters. The average Bonchev–Trinajstić information content (AvgIpc) is 3.33. The lowest BCUT2D eigenvalue weighted by molar-refractivity contribution is 0.0823. The number of nitrogens with one attached hydrogen (secondary N) is 1. The van der Waals surface area contributed by atoms with E-state index in [4.69, 9.17) is 4.74 Å². The molecule has 3 aromatic rings. The summed E-state index contributed by atoms with van der Waals surface area (Å²) < 4.78 is 7.96. The van der Waals surface area contributed by atoms with Crippen LogP contribution in [0.1, 0.15) is 36.0 Å². The zero-order valence-electron chi connectivity index (χ0n) is 19.8. The molecule has 182 valence electrons. The normalized spacial score (nSPS) is 12.3. The van der Waals surface area contributed by atoms with Crippen molar-refractivity contribution in [2.75, 3.05) is 13.7 Å². The van der Waals surface area contributed by atoms with E-state index in [1.54, 1.807) is 10.9 Å². The molecule has 3 rings (SSSR count). The van der Waals surface area contributed by atoms with Gasteiger partial charge in [0.25, 0.3) is 5.91 Å². The molecule has 2 heterocycles. The van der Waals surface area contributed by atoms with Gasteiger partial charge >= 0.3 is 6.09 Å². The van der Waals surface area contributed by atoms with Crippen LogP contribution in [0.3, 0.4) is 0 Å². The number of aromatic nitrogens is 2. The molecule has 0 aliphatic carbocycles. The number of carbonyl (C=O) groups is 2. The second-order valence-corrected chi connectivity index (χ2v) is 10.7. The molecule has 1 atom stereocenters. The summed E-state index contributed by atoms with van der Waals surface area (Å²) in [4.78, 5) is 28.0. The number of nitrogens with zero attached hydrogens (tertiary/aromatic N) is 3. The molecule has 0 spiro atoms. The molecule has 0 radical (unpaired) electrons. The minimum absolute atomic E-state index is 0.142. The first-order chi connectivity index (χ1) is 16.0. The van der Waals surface area contributed by atoms with E-state index in [1.165, 1.54) is 23.3 Å². The van der Waals surface area contributed by atoms with E-state index in [0.29, 0.717) is 21.5 Å². The maximum absolute atomic E-state index is 13.5. The third kappa shape index (κ3) is 5.79. The molecule has 34 heavy (non-hydrogen) atoms.